The number of thioether (sulfide) groups is 1. The van der Waals surface area contributed by atoms with E-state index >= 15 is 0 Å². The van der Waals surface area contributed by atoms with E-state index in [0.717, 1.165) is 16.7 Å². The Morgan fingerprint density at radius 2 is 1.97 bits per heavy atom. The number of anilines is 1. The predicted octanol–water partition coefficient (Wildman–Crippen LogP) is 3.28. The van der Waals surface area contributed by atoms with Crippen molar-refractivity contribution in [1.82, 2.24) is 4.90 Å². The van der Waals surface area contributed by atoms with Crippen molar-refractivity contribution in [3.8, 4) is 5.75 Å². The highest BCUT2D eigenvalue weighted by molar-refractivity contribution is 8.18. The number of rotatable bonds is 6. The number of hydrogen-bond acceptors (Lipinski definition) is 7. The molecule has 1 saturated heterocycles. The summed E-state index contributed by atoms with van der Waals surface area (Å²) < 4.78 is 5.07. The number of benzene rings is 2. The third-order valence-corrected chi connectivity index (χ3v) is 4.84. The highest BCUT2D eigenvalue weighted by atomic mass is 32.2. The van der Waals surface area contributed by atoms with Crippen molar-refractivity contribution in [2.24, 2.45) is 0 Å². The zero-order valence-corrected chi connectivity index (χ0v) is 16.0. The molecule has 1 fully saturated rings. The average molecular weight is 413 g/mol. The van der Waals surface area contributed by atoms with Crippen molar-refractivity contribution in [2.45, 2.75) is 0 Å². The first-order valence-corrected chi connectivity index (χ1v) is 9.13. The van der Waals surface area contributed by atoms with Crippen LogP contribution in [0.5, 0.6) is 5.75 Å². The summed E-state index contributed by atoms with van der Waals surface area (Å²) in [6.45, 7) is -0.493. The van der Waals surface area contributed by atoms with Gasteiger partial charge >= 0.3 is 0 Å². The molecule has 3 rings (SSSR count). The van der Waals surface area contributed by atoms with Crippen LogP contribution in [0.2, 0.25) is 0 Å². The van der Waals surface area contributed by atoms with Crippen LogP contribution < -0.4 is 10.1 Å². The molecule has 1 N–H and O–H groups in total. The summed E-state index contributed by atoms with van der Waals surface area (Å²) in [4.78, 5) is 48.1. The van der Waals surface area contributed by atoms with Crippen LogP contribution in [0.1, 0.15) is 5.56 Å². The fourth-order valence-corrected chi connectivity index (χ4v) is 3.37. The molecule has 0 saturated carbocycles. The van der Waals surface area contributed by atoms with Gasteiger partial charge in [0, 0.05) is 17.8 Å². The predicted molar refractivity (Wildman–Crippen MR) is 107 cm³/mol. The van der Waals surface area contributed by atoms with Gasteiger partial charge in [-0.3, -0.25) is 29.4 Å². The third kappa shape index (κ3) is 4.79. The number of carbonyl (C=O) groups is 3. The highest BCUT2D eigenvalue weighted by Gasteiger charge is 2.36. The Bertz CT molecular complexity index is 1020. The molecule has 1 aliphatic heterocycles. The number of ether oxygens (including phenoxy) is 1. The van der Waals surface area contributed by atoms with Crippen LogP contribution in [0, 0.1) is 10.1 Å². The molecule has 0 aliphatic carbocycles. The third-order valence-electron chi connectivity index (χ3n) is 3.93. The van der Waals surface area contributed by atoms with E-state index in [9.17, 15) is 24.5 Å². The summed E-state index contributed by atoms with van der Waals surface area (Å²) in [5, 5.41) is 12.7. The first-order chi connectivity index (χ1) is 13.9. The first-order valence-electron chi connectivity index (χ1n) is 8.31. The van der Waals surface area contributed by atoms with Gasteiger partial charge in [0.05, 0.1) is 16.9 Å². The number of imide groups is 1. The smallest absolute Gasteiger partial charge is 0.294 e. The second kappa shape index (κ2) is 8.57. The highest BCUT2D eigenvalue weighted by Crippen LogP contribution is 2.32. The molecular weight excluding hydrogens is 398 g/mol. The van der Waals surface area contributed by atoms with Gasteiger partial charge in [0.15, 0.2) is 0 Å². The molecule has 9 nitrogen and oxygen atoms in total. The van der Waals surface area contributed by atoms with Gasteiger partial charge in [-0.05, 0) is 41.6 Å². The number of non-ortho nitro benzene ring substituents is 1. The van der Waals surface area contributed by atoms with Gasteiger partial charge in [-0.1, -0.05) is 18.2 Å². The fourth-order valence-electron chi connectivity index (χ4n) is 2.53. The van der Waals surface area contributed by atoms with Gasteiger partial charge in [0.2, 0.25) is 5.91 Å². The molecule has 0 spiro atoms. The van der Waals surface area contributed by atoms with Gasteiger partial charge in [-0.25, -0.2) is 0 Å². The van der Waals surface area contributed by atoms with E-state index in [1.807, 2.05) is 0 Å². The summed E-state index contributed by atoms with van der Waals surface area (Å²) >= 11 is 0.739. The minimum atomic E-state index is -0.640. The van der Waals surface area contributed by atoms with Gasteiger partial charge < -0.3 is 10.1 Å². The van der Waals surface area contributed by atoms with Gasteiger partial charge in [0.1, 0.15) is 12.3 Å². The maximum absolute atomic E-state index is 12.5. The minimum absolute atomic E-state index is 0.184. The number of nitro groups is 1. The summed E-state index contributed by atoms with van der Waals surface area (Å²) in [5.41, 5.74) is 0.721. The Morgan fingerprint density at radius 1 is 1.24 bits per heavy atom. The SMILES string of the molecule is COc1ccc(/C=C2\SC(=O)N(CC(=O)Nc3cccc([N+](=O)[O-])c3)C2=O)cc1. The molecule has 0 aromatic heterocycles. The lowest BCUT2D eigenvalue weighted by Crippen LogP contribution is -2.36. The Balaban J connectivity index is 1.68. The van der Waals surface area contributed by atoms with Crippen molar-refractivity contribution in [3.63, 3.8) is 0 Å². The van der Waals surface area contributed by atoms with E-state index in [1.165, 1.54) is 24.3 Å². The van der Waals surface area contributed by atoms with Crippen molar-refractivity contribution in [3.05, 3.63) is 69.1 Å². The molecule has 2 aromatic carbocycles. The van der Waals surface area contributed by atoms with E-state index in [1.54, 1.807) is 37.5 Å². The van der Waals surface area contributed by atoms with Gasteiger partial charge in [-0.2, -0.15) is 0 Å². The zero-order chi connectivity index (χ0) is 21.0. The van der Waals surface area contributed by atoms with E-state index in [2.05, 4.69) is 5.32 Å². The largest absolute Gasteiger partial charge is 0.497 e. The lowest BCUT2D eigenvalue weighted by molar-refractivity contribution is -0.384. The molecule has 0 atom stereocenters. The minimum Gasteiger partial charge on any atom is -0.497 e. The molecule has 2 aromatic rings. The molecule has 0 radical (unpaired) electrons. The summed E-state index contributed by atoms with van der Waals surface area (Å²) in [5.74, 6) is -0.559. The maximum atomic E-state index is 12.5. The molecule has 29 heavy (non-hydrogen) atoms. The second-order valence-corrected chi connectivity index (χ2v) is 6.89. The molecule has 1 aliphatic rings. The number of carbonyl (C=O) groups excluding carboxylic acids is 3. The second-order valence-electron chi connectivity index (χ2n) is 5.90. The van der Waals surface area contributed by atoms with Crippen molar-refractivity contribution >= 4 is 46.3 Å². The van der Waals surface area contributed by atoms with Crippen molar-refractivity contribution in [1.29, 1.82) is 0 Å². The number of nitrogens with zero attached hydrogens (tertiary/aromatic N) is 2. The van der Waals surface area contributed by atoms with E-state index in [-0.39, 0.29) is 16.3 Å². The molecule has 10 heteroatoms. The quantitative estimate of drug-likeness (QED) is 0.438. The van der Waals surface area contributed by atoms with Crippen LogP contribution in [0.25, 0.3) is 6.08 Å². The Labute approximate surface area is 169 Å². The Kier molecular flexibility index (Phi) is 5.93. The standard InChI is InChI=1S/C19H15N3O6S/c1-28-15-7-5-12(6-8-15)9-16-18(24)21(19(25)29-16)11-17(23)20-13-3-2-4-14(10-13)22(26)27/h2-10H,11H2,1H3,(H,20,23)/b16-9-. The number of methoxy groups -OCH3 is 1. The Morgan fingerprint density at radius 3 is 2.62 bits per heavy atom. The molecule has 0 unspecified atom stereocenters. The molecular formula is C19H15N3O6S. The summed E-state index contributed by atoms with van der Waals surface area (Å²) in [6, 6.07) is 12.3. The summed E-state index contributed by atoms with van der Waals surface area (Å²) in [6.07, 6.45) is 1.56. The van der Waals surface area contributed by atoms with Crippen LogP contribution in [-0.4, -0.2) is 40.5 Å². The molecule has 0 bridgehead atoms. The normalized spacial score (nSPS) is 14.9. The van der Waals surface area contributed by atoms with Crippen LogP contribution in [0.3, 0.4) is 0 Å². The topological polar surface area (TPSA) is 119 Å². The lowest BCUT2D eigenvalue weighted by Gasteiger charge is -2.12. The van der Waals surface area contributed by atoms with E-state index < -0.39 is 28.5 Å². The first kappa shape index (κ1) is 20.1. The molecule has 1 heterocycles. The van der Waals surface area contributed by atoms with Crippen LogP contribution in [-0.2, 0) is 9.59 Å². The molecule has 3 amide bonds. The fraction of sp³-hybridized carbons (Fsp3) is 0.105. The zero-order valence-electron chi connectivity index (χ0n) is 15.2. The maximum Gasteiger partial charge on any atom is 0.294 e. The number of nitro benzene ring substituents is 1. The monoisotopic (exact) mass is 413 g/mol. The van der Waals surface area contributed by atoms with Crippen molar-refractivity contribution in [2.75, 3.05) is 19.0 Å². The van der Waals surface area contributed by atoms with Gasteiger partial charge in [0.25, 0.3) is 16.8 Å². The van der Waals surface area contributed by atoms with Crippen molar-refractivity contribution < 1.29 is 24.0 Å². The molecule has 148 valence electrons. The average Bonchev–Trinajstić information content (AvgIpc) is 2.96. The number of amides is 3. The Hall–Kier alpha value is -3.66. The lowest BCUT2D eigenvalue weighted by atomic mass is 10.2. The van der Waals surface area contributed by atoms with Crippen LogP contribution in [0.15, 0.2) is 53.4 Å². The van der Waals surface area contributed by atoms with E-state index in [4.69, 9.17) is 4.74 Å². The number of hydrogen-bond donors (Lipinski definition) is 1. The number of nitrogens with one attached hydrogen (secondary N) is 1. The summed E-state index contributed by atoms with van der Waals surface area (Å²) in [7, 11) is 1.54. The van der Waals surface area contributed by atoms with E-state index in [0.29, 0.717) is 11.3 Å². The van der Waals surface area contributed by atoms with Crippen LogP contribution >= 0.6 is 11.8 Å². The van der Waals surface area contributed by atoms with Gasteiger partial charge in [-0.15, -0.1) is 0 Å². The van der Waals surface area contributed by atoms with Crippen LogP contribution in [0.4, 0.5) is 16.2 Å².